The zero-order chi connectivity index (χ0) is 16.7. The third-order valence-corrected chi connectivity index (χ3v) is 3.84. The van der Waals surface area contributed by atoms with E-state index in [1.165, 1.54) is 12.1 Å². The average molecular weight is 450 g/mol. The largest absolute Gasteiger partial charge is 0.367 e. The van der Waals surface area contributed by atoms with Crippen molar-refractivity contribution in [2.75, 3.05) is 31.6 Å². The second-order valence-electron chi connectivity index (χ2n) is 5.53. The van der Waals surface area contributed by atoms with Crippen LogP contribution in [0.3, 0.4) is 0 Å². The van der Waals surface area contributed by atoms with Crippen molar-refractivity contribution >= 4 is 35.6 Å². The van der Waals surface area contributed by atoms with Crippen LogP contribution < -0.4 is 15.5 Å². The molecular formula is C17H25F2IN4. The van der Waals surface area contributed by atoms with Crippen molar-refractivity contribution in [3.63, 3.8) is 0 Å². The highest BCUT2D eigenvalue weighted by Gasteiger charge is 2.25. The van der Waals surface area contributed by atoms with Gasteiger partial charge in [0.05, 0.1) is 5.69 Å². The lowest BCUT2D eigenvalue weighted by Crippen LogP contribution is -2.44. The maximum absolute atomic E-state index is 13.9. The van der Waals surface area contributed by atoms with E-state index in [0.29, 0.717) is 12.2 Å². The van der Waals surface area contributed by atoms with Crippen LogP contribution in [0.1, 0.15) is 19.8 Å². The summed E-state index contributed by atoms with van der Waals surface area (Å²) in [4.78, 5) is 6.13. The molecule has 134 valence electrons. The molecule has 4 nitrogen and oxygen atoms in total. The first-order valence-electron chi connectivity index (χ1n) is 7.92. The summed E-state index contributed by atoms with van der Waals surface area (Å²) in [5, 5.41) is 6.60. The number of benzene rings is 1. The fourth-order valence-corrected chi connectivity index (χ4v) is 2.66. The molecule has 1 aliphatic rings. The number of nitrogens with one attached hydrogen (secondary N) is 2. The van der Waals surface area contributed by atoms with E-state index in [-0.39, 0.29) is 30.0 Å². The summed E-state index contributed by atoms with van der Waals surface area (Å²) < 4.78 is 26.9. The molecule has 0 aliphatic carbocycles. The quantitative estimate of drug-likeness (QED) is 0.238. The highest BCUT2D eigenvalue weighted by molar-refractivity contribution is 14.0. The maximum Gasteiger partial charge on any atom is 0.191 e. The van der Waals surface area contributed by atoms with E-state index >= 15 is 0 Å². The predicted molar refractivity (Wildman–Crippen MR) is 106 cm³/mol. The van der Waals surface area contributed by atoms with Crippen molar-refractivity contribution in [1.29, 1.82) is 0 Å². The van der Waals surface area contributed by atoms with Gasteiger partial charge in [-0.25, -0.2) is 8.78 Å². The Morgan fingerprint density at radius 2 is 2.21 bits per heavy atom. The summed E-state index contributed by atoms with van der Waals surface area (Å²) in [5.41, 5.74) is 0.451. The lowest BCUT2D eigenvalue weighted by molar-refractivity contribution is 0.580. The number of allylic oxidation sites excluding steroid dienone is 1. The normalized spacial score (nSPS) is 17.9. The predicted octanol–water partition coefficient (Wildman–Crippen LogP) is 3.29. The van der Waals surface area contributed by atoms with Gasteiger partial charge in [0.15, 0.2) is 5.96 Å². The minimum absolute atomic E-state index is 0. The topological polar surface area (TPSA) is 39.7 Å². The summed E-state index contributed by atoms with van der Waals surface area (Å²) in [6, 6.07) is 3.91. The van der Waals surface area contributed by atoms with Crippen molar-refractivity contribution in [2.45, 2.75) is 25.8 Å². The molecule has 0 aromatic heterocycles. The minimum atomic E-state index is -0.550. The van der Waals surface area contributed by atoms with Gasteiger partial charge in [-0.05, 0) is 31.9 Å². The van der Waals surface area contributed by atoms with E-state index < -0.39 is 11.6 Å². The summed E-state index contributed by atoms with van der Waals surface area (Å²) >= 11 is 0. The molecule has 1 unspecified atom stereocenters. The van der Waals surface area contributed by atoms with Crippen LogP contribution >= 0.6 is 24.0 Å². The number of anilines is 1. The zero-order valence-electron chi connectivity index (χ0n) is 14.1. The molecule has 1 aromatic carbocycles. The van der Waals surface area contributed by atoms with Crippen molar-refractivity contribution in [3.8, 4) is 0 Å². The Bertz CT molecular complexity index is 578. The van der Waals surface area contributed by atoms with E-state index in [1.54, 1.807) is 7.05 Å². The first-order valence-corrected chi connectivity index (χ1v) is 7.92. The average Bonchev–Trinajstić information content (AvgIpc) is 2.98. The van der Waals surface area contributed by atoms with Gasteiger partial charge in [0.1, 0.15) is 11.6 Å². The molecule has 7 heteroatoms. The Morgan fingerprint density at radius 1 is 1.42 bits per heavy atom. The van der Waals surface area contributed by atoms with Crippen LogP contribution in [0.15, 0.2) is 35.3 Å². The molecule has 1 atom stereocenters. The van der Waals surface area contributed by atoms with E-state index in [1.807, 2.05) is 17.9 Å². The molecule has 0 bridgehead atoms. The van der Waals surface area contributed by atoms with Gasteiger partial charge in [0.25, 0.3) is 0 Å². The monoisotopic (exact) mass is 450 g/mol. The zero-order valence-corrected chi connectivity index (χ0v) is 16.4. The summed E-state index contributed by atoms with van der Waals surface area (Å²) in [7, 11) is 1.73. The van der Waals surface area contributed by atoms with Gasteiger partial charge in [0, 0.05) is 38.8 Å². The highest BCUT2D eigenvalue weighted by atomic mass is 127. The molecule has 1 aliphatic heterocycles. The van der Waals surface area contributed by atoms with E-state index in [9.17, 15) is 8.78 Å². The van der Waals surface area contributed by atoms with Crippen LogP contribution in [-0.2, 0) is 0 Å². The fourth-order valence-electron chi connectivity index (χ4n) is 2.66. The molecule has 24 heavy (non-hydrogen) atoms. The molecule has 0 radical (unpaired) electrons. The number of rotatable bonds is 5. The van der Waals surface area contributed by atoms with Crippen LogP contribution in [-0.4, -0.2) is 38.7 Å². The number of hydrogen-bond donors (Lipinski definition) is 2. The Balaban J connectivity index is 0.00000288. The lowest BCUT2D eigenvalue weighted by Gasteiger charge is -2.20. The Hall–Kier alpha value is -1.38. The number of guanidine groups is 1. The second kappa shape index (κ2) is 10.5. The number of hydrogen-bond acceptors (Lipinski definition) is 2. The van der Waals surface area contributed by atoms with Crippen molar-refractivity contribution in [2.24, 2.45) is 4.99 Å². The Kier molecular flexibility index (Phi) is 9.02. The minimum Gasteiger partial charge on any atom is -0.367 e. The Morgan fingerprint density at radius 3 is 2.88 bits per heavy atom. The SMILES string of the molecule is CC=CCCNC(=NC)NC1CCN(c2ccc(F)cc2F)C1.I. The van der Waals surface area contributed by atoms with Crippen LogP contribution in [0.25, 0.3) is 0 Å². The van der Waals surface area contributed by atoms with Gasteiger partial charge >= 0.3 is 0 Å². The molecule has 2 N–H and O–H groups in total. The summed E-state index contributed by atoms with van der Waals surface area (Å²) in [6.45, 7) is 4.20. The van der Waals surface area contributed by atoms with Gasteiger partial charge in [-0.3, -0.25) is 4.99 Å². The summed E-state index contributed by atoms with van der Waals surface area (Å²) in [6.07, 6.45) is 5.93. The number of aliphatic imine (C=N–C) groups is 1. The number of halogens is 3. The van der Waals surface area contributed by atoms with Crippen molar-refractivity contribution in [3.05, 3.63) is 42.0 Å². The van der Waals surface area contributed by atoms with Crippen molar-refractivity contribution < 1.29 is 8.78 Å². The second-order valence-corrected chi connectivity index (χ2v) is 5.53. The third-order valence-electron chi connectivity index (χ3n) is 3.84. The first kappa shape index (κ1) is 20.7. The molecule has 0 saturated carbocycles. The van der Waals surface area contributed by atoms with Gasteiger partial charge in [-0.15, -0.1) is 24.0 Å². The van der Waals surface area contributed by atoms with Crippen LogP contribution in [0.2, 0.25) is 0 Å². The molecule has 2 rings (SSSR count). The van der Waals surface area contributed by atoms with Crippen LogP contribution in [0.5, 0.6) is 0 Å². The summed E-state index contributed by atoms with van der Waals surface area (Å²) in [5.74, 6) is -0.314. The van der Waals surface area contributed by atoms with E-state index in [0.717, 1.165) is 38.0 Å². The molecule has 1 heterocycles. The van der Waals surface area contributed by atoms with Gasteiger partial charge in [-0.2, -0.15) is 0 Å². The molecule has 1 saturated heterocycles. The number of nitrogens with zero attached hydrogens (tertiary/aromatic N) is 2. The van der Waals surface area contributed by atoms with Gasteiger partial charge < -0.3 is 15.5 Å². The van der Waals surface area contributed by atoms with Crippen LogP contribution in [0.4, 0.5) is 14.5 Å². The first-order chi connectivity index (χ1) is 11.1. The van der Waals surface area contributed by atoms with Crippen molar-refractivity contribution in [1.82, 2.24) is 10.6 Å². The molecule has 1 aromatic rings. The molecular weight excluding hydrogens is 425 g/mol. The van der Waals surface area contributed by atoms with Gasteiger partial charge in [0.2, 0.25) is 0 Å². The molecule has 0 amide bonds. The smallest absolute Gasteiger partial charge is 0.191 e. The third kappa shape index (κ3) is 5.92. The molecule has 0 spiro atoms. The standard InChI is InChI=1S/C17H24F2N4.HI/c1-3-4-5-9-21-17(20-2)22-14-8-10-23(12-14)16-7-6-13(18)11-15(16)19;/h3-4,6-7,11,14H,5,8-10,12H2,1-2H3,(H2,20,21,22);1H. The Labute approximate surface area is 159 Å². The van der Waals surface area contributed by atoms with E-state index in [4.69, 9.17) is 0 Å². The molecule has 1 fully saturated rings. The highest BCUT2D eigenvalue weighted by Crippen LogP contribution is 2.24. The van der Waals surface area contributed by atoms with Gasteiger partial charge in [-0.1, -0.05) is 12.2 Å². The fraction of sp³-hybridized carbons (Fsp3) is 0.471. The van der Waals surface area contributed by atoms with E-state index in [2.05, 4.69) is 21.7 Å². The van der Waals surface area contributed by atoms with Crippen LogP contribution in [0, 0.1) is 11.6 Å². The maximum atomic E-state index is 13.9. The lowest BCUT2D eigenvalue weighted by atomic mass is 10.2.